The predicted octanol–water partition coefficient (Wildman–Crippen LogP) is 10.2. The maximum Gasteiger partial charge on any atom is 0.0648 e. The van der Waals surface area contributed by atoms with Gasteiger partial charge in [-0.15, -0.1) is 0 Å². The van der Waals surface area contributed by atoms with Gasteiger partial charge in [-0.3, -0.25) is 0 Å². The number of hydrogen-bond donors (Lipinski definition) is 0. The lowest BCUT2D eigenvalue weighted by Gasteiger charge is -2.23. The first-order valence-electron chi connectivity index (χ1n) is 26.1. The molecule has 2 nitrogen and oxygen atoms in total. The van der Waals surface area contributed by atoms with Crippen molar-refractivity contribution in [3.8, 4) is 22.5 Å². The van der Waals surface area contributed by atoms with E-state index in [1.807, 2.05) is 0 Å². The summed E-state index contributed by atoms with van der Waals surface area (Å²) >= 11 is 0. The molecular formula is C39H28N2. The van der Waals surface area contributed by atoms with E-state index in [-0.39, 0.29) is 0 Å². The van der Waals surface area contributed by atoms with Gasteiger partial charge < -0.3 is 9.13 Å². The molecule has 41 heavy (non-hydrogen) atoms. The fourth-order valence-corrected chi connectivity index (χ4v) is 5.37. The van der Waals surface area contributed by atoms with Crippen LogP contribution in [0.1, 0.15) is 63.2 Å². The summed E-state index contributed by atoms with van der Waals surface area (Å²) in [5.41, 5.74) is -12.8. The third kappa shape index (κ3) is 2.97. The van der Waals surface area contributed by atoms with Gasteiger partial charge in [0.15, 0.2) is 0 Å². The van der Waals surface area contributed by atoms with Gasteiger partial charge in [-0.25, -0.2) is 0 Å². The van der Waals surface area contributed by atoms with E-state index in [0.717, 1.165) is 0 Å². The van der Waals surface area contributed by atoms with E-state index in [0.29, 0.717) is 9.13 Å². The summed E-state index contributed by atoms with van der Waals surface area (Å²) in [4.78, 5) is 0. The summed E-state index contributed by atoms with van der Waals surface area (Å²) in [6.07, 6.45) is 0. The average Bonchev–Trinajstić information content (AvgIpc) is 3.94. The van der Waals surface area contributed by atoms with Crippen molar-refractivity contribution < 1.29 is 38.4 Å². The molecule has 2 aromatic heterocycles. The van der Waals surface area contributed by atoms with Crippen molar-refractivity contribution in [2.24, 2.45) is 0 Å². The van der Waals surface area contributed by atoms with Gasteiger partial charge in [-0.1, -0.05) is 98.3 Å². The number of nitrogens with zero attached hydrogens (tertiary/aromatic N) is 2. The highest BCUT2D eigenvalue weighted by atomic mass is 15.0. The summed E-state index contributed by atoms with van der Waals surface area (Å²) < 4.78 is 252. The summed E-state index contributed by atoms with van der Waals surface area (Å²) in [5.74, 6) is 0. The summed E-state index contributed by atoms with van der Waals surface area (Å²) in [6, 6.07) is -21.5. The zero-order valence-electron chi connectivity index (χ0n) is 48.4. The minimum atomic E-state index is -4.01. The van der Waals surface area contributed by atoms with Crippen molar-refractivity contribution in [3.05, 3.63) is 144 Å². The van der Waals surface area contributed by atoms with E-state index in [1.54, 1.807) is 0 Å². The van der Waals surface area contributed by atoms with Crippen molar-refractivity contribution in [1.29, 1.82) is 0 Å². The quantitative estimate of drug-likeness (QED) is 0.202. The van der Waals surface area contributed by atoms with Crippen LogP contribution in [0.25, 0.3) is 66.1 Å². The molecule has 0 N–H and O–H groups in total. The van der Waals surface area contributed by atoms with Gasteiger partial charge in [0.1, 0.15) is 0 Å². The van der Waals surface area contributed by atoms with E-state index in [9.17, 15) is 8.22 Å². The fourth-order valence-electron chi connectivity index (χ4n) is 5.37. The van der Waals surface area contributed by atoms with Gasteiger partial charge in [0.05, 0.1) is 52.2 Å². The molecule has 9 rings (SSSR count). The topological polar surface area (TPSA) is 9.86 Å². The smallest absolute Gasteiger partial charge is 0.0648 e. The molecule has 0 saturated heterocycles. The van der Waals surface area contributed by atoms with Gasteiger partial charge in [0, 0.05) is 46.6 Å². The van der Waals surface area contributed by atoms with Crippen molar-refractivity contribution in [1.82, 2.24) is 9.13 Å². The highest BCUT2D eigenvalue weighted by Crippen LogP contribution is 2.50. The standard InChI is InChI=1S/C39H28N2/c1-39(2)33-23-25(40-35-15-7-3-11-29(35)30-12-4-8-16-36(30)40)19-21-27(33)28-22-20-26(24-34(28)39)41-37-17-9-5-13-31(37)32-14-6-10-18-38(32)41/h3-24H,1-2H3/i1D3,2D3,3D,4D,5D,6D,7D,8D,9D,10D,11D,12D,13D,14D,15D,16D,17D,18D,19D,20D,21D,22D,23D,24D. The average molecular weight is 553 g/mol. The minimum Gasteiger partial charge on any atom is -0.309 e. The first kappa shape index (κ1) is 8.47. The van der Waals surface area contributed by atoms with Crippen LogP contribution in [0.15, 0.2) is 133 Å². The molecule has 0 saturated carbocycles. The molecule has 2 heterocycles. The van der Waals surface area contributed by atoms with Gasteiger partial charge in [0.2, 0.25) is 0 Å². The van der Waals surface area contributed by atoms with E-state index in [2.05, 4.69) is 0 Å². The number of para-hydroxylation sites is 4. The second kappa shape index (κ2) is 7.99. The Morgan fingerprint density at radius 3 is 1.15 bits per heavy atom. The van der Waals surface area contributed by atoms with Crippen LogP contribution in [0.4, 0.5) is 0 Å². The van der Waals surface area contributed by atoms with Crippen LogP contribution in [0.3, 0.4) is 0 Å². The number of hydrogen-bond acceptors (Lipinski definition) is 0. The van der Waals surface area contributed by atoms with Crippen LogP contribution in [-0.2, 0) is 5.41 Å². The van der Waals surface area contributed by atoms with Crippen LogP contribution < -0.4 is 0 Å². The SMILES string of the molecule is [2H]c1c([2H])c(-n2c3c([2H])c([2H])c([2H])c([2H])c3c3c([2H])c([2H])c([2H])c([2H])c32)c([2H])c2c1-c1c([2H])c([2H])c(-n3c4c([2H])c([2H])c([2H])c([2H])c4c4c([2H])c([2H])c([2H])c([2H])c43)c([2H])c1C2(C([2H])([2H])[2H])C([2H])([2H])[2H]. The molecule has 0 unspecified atom stereocenters. The molecule has 0 spiro atoms. The molecule has 0 bridgehead atoms. The second-order valence-corrected chi connectivity index (χ2v) is 9.26. The summed E-state index contributed by atoms with van der Waals surface area (Å²) in [7, 11) is 0. The molecule has 0 atom stereocenters. The molecule has 0 amide bonds. The van der Waals surface area contributed by atoms with Gasteiger partial charge >= 0.3 is 0 Å². The number of benzene rings is 6. The molecule has 8 aromatic rings. The van der Waals surface area contributed by atoms with Crippen molar-refractivity contribution >= 4 is 43.6 Å². The van der Waals surface area contributed by atoms with Crippen LogP contribution in [0.5, 0.6) is 0 Å². The Kier molecular flexibility index (Phi) is 1.65. The molecule has 2 heteroatoms. The molecule has 6 aromatic carbocycles. The zero-order chi connectivity index (χ0) is 51.4. The zero-order valence-corrected chi connectivity index (χ0v) is 20.4. The third-order valence-corrected chi connectivity index (χ3v) is 7.11. The highest BCUT2D eigenvalue weighted by molar-refractivity contribution is 6.10. The predicted molar refractivity (Wildman–Crippen MR) is 173 cm³/mol. The van der Waals surface area contributed by atoms with Gasteiger partial charge in [-0.2, -0.15) is 0 Å². The molecule has 0 aliphatic heterocycles. The monoisotopic (exact) mass is 552 g/mol. The second-order valence-electron chi connectivity index (χ2n) is 9.26. The Balaban J connectivity index is 1.56. The van der Waals surface area contributed by atoms with Crippen molar-refractivity contribution in [2.75, 3.05) is 0 Å². The molecule has 0 radical (unpaired) electrons. The molecule has 0 fully saturated rings. The van der Waals surface area contributed by atoms with Crippen LogP contribution in [0, 0.1) is 0 Å². The number of rotatable bonds is 2. The van der Waals surface area contributed by atoms with E-state index >= 15 is 0 Å². The third-order valence-electron chi connectivity index (χ3n) is 7.11. The number of aromatic nitrogens is 2. The maximum atomic E-state index is 9.87. The fraction of sp³-hybridized carbons (Fsp3) is 0.0769. The van der Waals surface area contributed by atoms with Crippen LogP contribution in [-0.4, -0.2) is 9.13 Å². The largest absolute Gasteiger partial charge is 0.309 e. The van der Waals surface area contributed by atoms with E-state index < -0.39 is 229 Å². The Hall–Kier alpha value is -5.08. The normalized spacial score (nSPS) is 24.1. The Bertz CT molecular complexity index is 3380. The first-order valence-corrected chi connectivity index (χ1v) is 12.1. The van der Waals surface area contributed by atoms with E-state index in [4.69, 9.17) is 30.2 Å². The van der Waals surface area contributed by atoms with Crippen molar-refractivity contribution in [3.63, 3.8) is 0 Å². The molecule has 1 aliphatic carbocycles. The highest BCUT2D eigenvalue weighted by Gasteiger charge is 2.36. The molecule has 194 valence electrons. The first-order chi connectivity index (χ1) is 31.8. The maximum absolute atomic E-state index is 9.87. The summed E-state index contributed by atoms with van der Waals surface area (Å²) in [6.45, 7) is -8.02. The molecule has 1 aliphatic rings. The lowest BCUT2D eigenvalue weighted by Crippen LogP contribution is -2.16. The Morgan fingerprint density at radius 1 is 0.463 bits per heavy atom. The lowest BCUT2D eigenvalue weighted by molar-refractivity contribution is 0.659. The van der Waals surface area contributed by atoms with Crippen LogP contribution in [0.2, 0.25) is 0 Å². The Morgan fingerprint density at radius 2 is 0.805 bits per heavy atom. The lowest BCUT2D eigenvalue weighted by atomic mass is 9.82. The van der Waals surface area contributed by atoms with Gasteiger partial charge in [-0.05, 0) is 70.6 Å². The Labute approximate surface area is 278 Å². The minimum absolute atomic E-state index is 0.553. The molecular weight excluding hydrogens is 496 g/mol. The number of fused-ring (bicyclic) bond motifs is 9. The van der Waals surface area contributed by atoms with Crippen molar-refractivity contribution in [2.45, 2.75) is 19.1 Å². The van der Waals surface area contributed by atoms with Crippen LogP contribution >= 0.6 is 0 Å². The summed E-state index contributed by atoms with van der Waals surface area (Å²) in [5, 5.41) is -2.21. The van der Waals surface area contributed by atoms with Gasteiger partial charge in [0.25, 0.3) is 0 Å². The van der Waals surface area contributed by atoms with E-state index in [1.165, 1.54) is 0 Å².